The van der Waals surface area contributed by atoms with E-state index in [4.69, 9.17) is 15.5 Å². The maximum absolute atomic E-state index is 10.8. The summed E-state index contributed by atoms with van der Waals surface area (Å²) in [5.74, 6) is 1.03. The number of nitrogens with two attached hydrogens (primary N) is 1. The number of rotatable bonds is 11. The van der Waals surface area contributed by atoms with Crippen molar-refractivity contribution < 1.29 is 9.53 Å². The molecule has 1 heterocycles. The zero-order valence-corrected chi connectivity index (χ0v) is 21.7. The predicted molar refractivity (Wildman–Crippen MR) is 144 cm³/mol. The Bertz CT molecular complexity index is 861. The first-order chi connectivity index (χ1) is 15.6. The molecule has 8 heteroatoms. The quantitative estimate of drug-likeness (QED) is 0.222. The number of benzene rings is 2. The van der Waals surface area contributed by atoms with E-state index in [2.05, 4.69) is 52.8 Å². The maximum atomic E-state index is 10.8. The Morgan fingerprint density at radius 3 is 2.58 bits per heavy atom. The summed E-state index contributed by atoms with van der Waals surface area (Å²) in [4.78, 5) is 18.2. The number of amides is 1. The van der Waals surface area contributed by atoms with Crippen molar-refractivity contribution in [2.45, 2.75) is 38.8 Å². The van der Waals surface area contributed by atoms with Crippen LogP contribution in [0.5, 0.6) is 5.75 Å². The molecule has 3 rings (SSSR count). The highest BCUT2D eigenvalue weighted by Crippen LogP contribution is 2.20. The van der Waals surface area contributed by atoms with Gasteiger partial charge in [0.25, 0.3) is 5.91 Å². The Balaban J connectivity index is 0.00000385. The molecule has 0 spiro atoms. The van der Waals surface area contributed by atoms with E-state index >= 15 is 0 Å². The average molecular weight is 566 g/mol. The van der Waals surface area contributed by atoms with Crippen LogP contribution >= 0.6 is 24.0 Å². The zero-order valence-electron chi connectivity index (χ0n) is 19.3. The van der Waals surface area contributed by atoms with Gasteiger partial charge in [0.05, 0.1) is 6.54 Å². The predicted octanol–water partition coefficient (Wildman–Crippen LogP) is 2.93. The molecule has 1 amide bonds. The third-order valence-corrected chi connectivity index (χ3v) is 5.54. The van der Waals surface area contributed by atoms with Gasteiger partial charge in [0.15, 0.2) is 12.6 Å². The summed E-state index contributed by atoms with van der Waals surface area (Å²) in [5.41, 5.74) is 7.65. The van der Waals surface area contributed by atoms with Crippen LogP contribution in [-0.2, 0) is 17.8 Å². The molecule has 2 aromatic carbocycles. The molecule has 0 aliphatic carbocycles. The van der Waals surface area contributed by atoms with Gasteiger partial charge in [0.1, 0.15) is 5.75 Å². The van der Waals surface area contributed by atoms with E-state index < -0.39 is 5.91 Å². The van der Waals surface area contributed by atoms with E-state index in [1.54, 1.807) is 0 Å². The molecule has 33 heavy (non-hydrogen) atoms. The van der Waals surface area contributed by atoms with Crippen LogP contribution in [0, 0.1) is 0 Å². The minimum Gasteiger partial charge on any atom is -0.484 e. The molecule has 0 saturated carbocycles. The van der Waals surface area contributed by atoms with Gasteiger partial charge in [-0.1, -0.05) is 42.5 Å². The van der Waals surface area contributed by atoms with E-state index in [-0.39, 0.29) is 30.6 Å². The van der Waals surface area contributed by atoms with Crippen LogP contribution in [0.3, 0.4) is 0 Å². The third kappa shape index (κ3) is 9.59. The van der Waals surface area contributed by atoms with E-state index in [0.29, 0.717) is 11.8 Å². The number of hydrogen-bond donors (Lipinski definition) is 3. The first-order valence-electron chi connectivity index (χ1n) is 11.4. The lowest BCUT2D eigenvalue weighted by Gasteiger charge is -2.23. The normalized spacial score (nSPS) is 16.2. The Labute approximate surface area is 214 Å². The Hall–Kier alpha value is -2.33. The fourth-order valence-corrected chi connectivity index (χ4v) is 3.90. The Kier molecular flexibility index (Phi) is 12.0. The lowest BCUT2D eigenvalue weighted by Crippen LogP contribution is -2.40. The lowest BCUT2D eigenvalue weighted by atomic mass is 10.1. The molecule has 1 fully saturated rings. The molecule has 4 N–H and O–H groups in total. The van der Waals surface area contributed by atoms with Gasteiger partial charge in [-0.05, 0) is 56.0 Å². The van der Waals surface area contributed by atoms with Gasteiger partial charge in [0, 0.05) is 25.7 Å². The average Bonchev–Trinajstić information content (AvgIpc) is 3.24. The SMILES string of the molecule is CCNC(=NCC1CCCN1Cc1ccccc1)NCCc1ccc(OCC(N)=O)cc1.I. The summed E-state index contributed by atoms with van der Waals surface area (Å²) in [6, 6.07) is 18.9. The highest BCUT2D eigenvalue weighted by Gasteiger charge is 2.24. The lowest BCUT2D eigenvalue weighted by molar-refractivity contribution is -0.119. The fraction of sp³-hybridized carbons (Fsp3) is 0.440. The number of guanidine groups is 1. The zero-order chi connectivity index (χ0) is 22.6. The van der Waals surface area contributed by atoms with Gasteiger partial charge >= 0.3 is 0 Å². The molecular weight excluding hydrogens is 529 g/mol. The van der Waals surface area contributed by atoms with Crippen molar-refractivity contribution in [2.75, 3.05) is 32.8 Å². The number of ether oxygens (including phenoxy) is 1. The summed E-state index contributed by atoms with van der Waals surface area (Å²) in [5, 5.41) is 6.79. The highest BCUT2D eigenvalue weighted by molar-refractivity contribution is 14.0. The van der Waals surface area contributed by atoms with Gasteiger partial charge < -0.3 is 21.1 Å². The molecule has 1 atom stereocenters. The van der Waals surface area contributed by atoms with Crippen LogP contribution in [0.1, 0.15) is 30.9 Å². The van der Waals surface area contributed by atoms with Crippen molar-refractivity contribution in [3.63, 3.8) is 0 Å². The second kappa shape index (κ2) is 14.7. The molecule has 2 aromatic rings. The van der Waals surface area contributed by atoms with Gasteiger partial charge in [-0.25, -0.2) is 0 Å². The number of carbonyl (C=O) groups is 1. The van der Waals surface area contributed by atoms with Crippen LogP contribution < -0.4 is 21.1 Å². The highest BCUT2D eigenvalue weighted by atomic mass is 127. The van der Waals surface area contributed by atoms with Crippen molar-refractivity contribution in [3.05, 3.63) is 65.7 Å². The maximum Gasteiger partial charge on any atom is 0.255 e. The summed E-state index contributed by atoms with van der Waals surface area (Å²) in [6.07, 6.45) is 3.29. The minimum atomic E-state index is -0.477. The van der Waals surface area contributed by atoms with Crippen molar-refractivity contribution >= 4 is 35.8 Å². The topological polar surface area (TPSA) is 92.0 Å². The monoisotopic (exact) mass is 565 g/mol. The van der Waals surface area contributed by atoms with Crippen LogP contribution in [0.15, 0.2) is 59.6 Å². The van der Waals surface area contributed by atoms with E-state index in [1.807, 2.05) is 24.3 Å². The Morgan fingerprint density at radius 2 is 1.88 bits per heavy atom. The molecule has 1 aliphatic rings. The molecule has 1 unspecified atom stereocenters. The van der Waals surface area contributed by atoms with Crippen molar-refractivity contribution in [1.82, 2.24) is 15.5 Å². The third-order valence-electron chi connectivity index (χ3n) is 5.54. The van der Waals surface area contributed by atoms with Crippen molar-refractivity contribution in [2.24, 2.45) is 10.7 Å². The number of carbonyl (C=O) groups excluding carboxylic acids is 1. The van der Waals surface area contributed by atoms with Crippen molar-refractivity contribution in [3.8, 4) is 5.75 Å². The summed E-state index contributed by atoms with van der Waals surface area (Å²) < 4.78 is 5.30. The number of nitrogens with one attached hydrogen (secondary N) is 2. The van der Waals surface area contributed by atoms with Gasteiger partial charge in [-0.2, -0.15) is 0 Å². The molecule has 1 saturated heterocycles. The van der Waals surface area contributed by atoms with Crippen molar-refractivity contribution in [1.29, 1.82) is 0 Å². The van der Waals surface area contributed by atoms with Crippen LogP contribution in [0.2, 0.25) is 0 Å². The van der Waals surface area contributed by atoms with Crippen LogP contribution in [0.4, 0.5) is 0 Å². The number of likely N-dealkylation sites (tertiary alicyclic amines) is 1. The smallest absolute Gasteiger partial charge is 0.255 e. The van der Waals surface area contributed by atoms with Gasteiger partial charge in [0.2, 0.25) is 0 Å². The molecule has 0 bridgehead atoms. The van der Waals surface area contributed by atoms with Crippen LogP contribution in [-0.4, -0.2) is 55.6 Å². The van der Waals surface area contributed by atoms with E-state index in [9.17, 15) is 4.79 Å². The number of aliphatic imine (C=N–C) groups is 1. The second-order valence-electron chi connectivity index (χ2n) is 8.05. The molecule has 0 aromatic heterocycles. The molecule has 1 aliphatic heterocycles. The number of primary amides is 1. The van der Waals surface area contributed by atoms with Gasteiger partial charge in [-0.15, -0.1) is 24.0 Å². The van der Waals surface area contributed by atoms with E-state index in [1.165, 1.54) is 24.0 Å². The summed E-state index contributed by atoms with van der Waals surface area (Å²) in [6.45, 7) is 6.52. The Morgan fingerprint density at radius 1 is 1.12 bits per heavy atom. The molecular formula is C25H36IN5O2. The standard InChI is InChI=1S/C25H35N5O2.HI/c1-2-27-25(28-15-14-20-10-12-23(13-11-20)32-19-24(26)31)29-17-22-9-6-16-30(22)18-21-7-4-3-5-8-21;/h3-5,7-8,10-13,22H,2,6,9,14-19H2,1H3,(H2,26,31)(H2,27,28,29);1H. The largest absolute Gasteiger partial charge is 0.484 e. The first kappa shape index (κ1) is 26.9. The summed E-state index contributed by atoms with van der Waals surface area (Å²) in [7, 11) is 0. The number of halogens is 1. The first-order valence-corrected chi connectivity index (χ1v) is 11.4. The summed E-state index contributed by atoms with van der Waals surface area (Å²) >= 11 is 0. The number of hydrogen-bond acceptors (Lipinski definition) is 4. The molecule has 180 valence electrons. The fourth-order valence-electron chi connectivity index (χ4n) is 3.90. The molecule has 7 nitrogen and oxygen atoms in total. The number of nitrogens with zero attached hydrogens (tertiary/aromatic N) is 2. The van der Waals surface area contributed by atoms with Gasteiger partial charge in [-0.3, -0.25) is 14.7 Å². The van der Waals surface area contributed by atoms with E-state index in [0.717, 1.165) is 45.1 Å². The molecule has 0 radical (unpaired) electrons. The minimum absolute atomic E-state index is 0. The second-order valence-corrected chi connectivity index (χ2v) is 8.05. The van der Waals surface area contributed by atoms with Crippen LogP contribution in [0.25, 0.3) is 0 Å².